The zero-order chi connectivity index (χ0) is 20.7. The fraction of sp³-hybridized carbons (Fsp3) is 0.263. The van der Waals surface area contributed by atoms with Crippen LogP contribution in [0, 0.1) is 13.8 Å². The van der Waals surface area contributed by atoms with E-state index in [-0.39, 0.29) is 23.0 Å². The highest BCUT2D eigenvalue weighted by atomic mass is 32.2. The molecule has 0 aromatic heterocycles. The van der Waals surface area contributed by atoms with E-state index in [1.807, 2.05) is 6.07 Å². The van der Waals surface area contributed by atoms with Gasteiger partial charge in [-0.1, -0.05) is 12.1 Å². The first-order valence-corrected chi connectivity index (χ1v) is 9.83. The van der Waals surface area contributed by atoms with Crippen molar-refractivity contribution in [2.45, 2.75) is 25.7 Å². The Hall–Kier alpha value is -3.07. The van der Waals surface area contributed by atoms with E-state index in [0.717, 1.165) is 5.56 Å². The Bertz CT molecular complexity index is 986. The van der Waals surface area contributed by atoms with Gasteiger partial charge in [-0.3, -0.25) is 0 Å². The molecule has 2 aromatic rings. The number of methoxy groups -OCH3 is 1. The molecule has 1 amide bonds. The summed E-state index contributed by atoms with van der Waals surface area (Å²) >= 11 is 0. The van der Waals surface area contributed by atoms with Gasteiger partial charge in [0, 0.05) is 0 Å². The first kappa shape index (κ1) is 21.2. The first-order chi connectivity index (χ1) is 13.3. The number of carbonyl (C=O) groups excluding carboxylic acids is 1. The number of ether oxygens (including phenoxy) is 2. The van der Waals surface area contributed by atoms with Crippen LogP contribution >= 0.6 is 0 Å². The van der Waals surface area contributed by atoms with Crippen LogP contribution in [0.1, 0.15) is 23.6 Å². The van der Waals surface area contributed by atoms with Crippen LogP contribution in [-0.2, 0) is 14.9 Å². The Balaban J connectivity index is 2.23. The molecule has 150 valence electrons. The number of benzene rings is 2. The zero-order valence-electron chi connectivity index (χ0n) is 16.1. The SMILES string of the molecule is CCOC(=O)NN=Cc1ccc(OS(=O)(=O)c2cc(C)ccc2C)c(OC)c1. The van der Waals surface area contributed by atoms with Gasteiger partial charge in [0.2, 0.25) is 0 Å². The van der Waals surface area contributed by atoms with Gasteiger partial charge in [-0.15, -0.1) is 0 Å². The topological polar surface area (TPSA) is 103 Å². The lowest BCUT2D eigenvalue weighted by molar-refractivity contribution is 0.152. The summed E-state index contributed by atoms with van der Waals surface area (Å²) in [5.41, 5.74) is 4.14. The Morgan fingerprint density at radius 2 is 1.89 bits per heavy atom. The molecule has 0 saturated heterocycles. The van der Waals surface area contributed by atoms with E-state index in [4.69, 9.17) is 8.92 Å². The summed E-state index contributed by atoms with van der Waals surface area (Å²) in [6.45, 7) is 5.41. The van der Waals surface area contributed by atoms with E-state index in [2.05, 4.69) is 15.3 Å². The highest BCUT2D eigenvalue weighted by Crippen LogP contribution is 2.31. The maximum atomic E-state index is 12.7. The third-order valence-corrected chi connectivity index (χ3v) is 5.02. The minimum Gasteiger partial charge on any atom is -0.493 e. The third-order valence-electron chi connectivity index (χ3n) is 3.65. The summed E-state index contributed by atoms with van der Waals surface area (Å²) in [5.74, 6) is 0.243. The molecule has 9 heteroatoms. The summed E-state index contributed by atoms with van der Waals surface area (Å²) < 4.78 is 40.5. The van der Waals surface area contributed by atoms with Crippen LogP contribution in [0.2, 0.25) is 0 Å². The van der Waals surface area contributed by atoms with Gasteiger partial charge in [-0.05, 0) is 61.7 Å². The molecule has 0 aliphatic rings. The average molecular weight is 406 g/mol. The minimum absolute atomic E-state index is 0.0407. The molecule has 0 heterocycles. The van der Waals surface area contributed by atoms with Crippen molar-refractivity contribution in [2.24, 2.45) is 5.10 Å². The second-order valence-corrected chi connectivity index (χ2v) is 7.32. The molecule has 0 saturated carbocycles. The van der Waals surface area contributed by atoms with E-state index >= 15 is 0 Å². The van der Waals surface area contributed by atoms with Gasteiger partial charge < -0.3 is 13.7 Å². The molecule has 0 aliphatic heterocycles. The second-order valence-electron chi connectivity index (χ2n) is 5.81. The van der Waals surface area contributed by atoms with Gasteiger partial charge in [0.05, 0.1) is 19.9 Å². The Kier molecular flexibility index (Phi) is 7.00. The average Bonchev–Trinajstić information content (AvgIpc) is 2.64. The van der Waals surface area contributed by atoms with Crippen molar-refractivity contribution in [3.63, 3.8) is 0 Å². The molecule has 2 rings (SSSR count). The summed E-state index contributed by atoms with van der Waals surface area (Å²) in [5, 5.41) is 3.74. The van der Waals surface area contributed by atoms with E-state index in [1.54, 1.807) is 39.0 Å². The number of carbonyl (C=O) groups is 1. The molecule has 8 nitrogen and oxygen atoms in total. The summed E-state index contributed by atoms with van der Waals surface area (Å²) in [4.78, 5) is 11.3. The lowest BCUT2D eigenvalue weighted by atomic mass is 10.2. The molecular formula is C19H22N2O6S. The van der Waals surface area contributed by atoms with Crippen molar-refractivity contribution in [1.82, 2.24) is 5.43 Å². The van der Waals surface area contributed by atoms with Gasteiger partial charge in [0.1, 0.15) is 4.90 Å². The van der Waals surface area contributed by atoms with Crippen molar-refractivity contribution in [1.29, 1.82) is 0 Å². The number of nitrogens with one attached hydrogen (secondary N) is 1. The van der Waals surface area contributed by atoms with Gasteiger partial charge in [-0.25, -0.2) is 10.2 Å². The van der Waals surface area contributed by atoms with Crippen molar-refractivity contribution >= 4 is 22.4 Å². The van der Waals surface area contributed by atoms with Crippen LogP contribution < -0.4 is 14.3 Å². The number of hydrogen-bond donors (Lipinski definition) is 1. The Morgan fingerprint density at radius 1 is 1.14 bits per heavy atom. The van der Waals surface area contributed by atoms with Crippen molar-refractivity contribution in [3.8, 4) is 11.5 Å². The van der Waals surface area contributed by atoms with Crippen LogP contribution in [0.3, 0.4) is 0 Å². The van der Waals surface area contributed by atoms with Crippen LogP contribution in [-0.4, -0.2) is 34.4 Å². The highest BCUT2D eigenvalue weighted by Gasteiger charge is 2.21. The van der Waals surface area contributed by atoms with Crippen molar-refractivity contribution < 1.29 is 26.9 Å². The number of hydrogen-bond acceptors (Lipinski definition) is 7. The molecule has 0 unspecified atom stereocenters. The molecule has 28 heavy (non-hydrogen) atoms. The lowest BCUT2D eigenvalue weighted by Crippen LogP contribution is -2.18. The third kappa shape index (κ3) is 5.46. The van der Waals surface area contributed by atoms with Gasteiger partial charge in [0.25, 0.3) is 0 Å². The molecule has 0 bridgehead atoms. The van der Waals surface area contributed by atoms with Crippen molar-refractivity contribution in [3.05, 3.63) is 53.1 Å². The number of amides is 1. The number of hydrazone groups is 1. The summed E-state index contributed by atoms with van der Waals surface area (Å²) in [6, 6.07) is 9.66. The first-order valence-electron chi connectivity index (χ1n) is 8.42. The predicted octanol–water partition coefficient (Wildman–Crippen LogP) is 3.16. The Morgan fingerprint density at radius 3 is 2.57 bits per heavy atom. The lowest BCUT2D eigenvalue weighted by Gasteiger charge is -2.13. The maximum absolute atomic E-state index is 12.7. The molecule has 0 fully saturated rings. The standard InChI is InChI=1S/C19H22N2O6S/c1-5-26-19(22)21-20-12-15-8-9-16(17(11-15)25-4)27-28(23,24)18-10-13(2)6-7-14(18)3/h6-12H,5H2,1-4H3,(H,21,22). The van der Waals surface area contributed by atoms with Crippen LogP contribution in [0.4, 0.5) is 4.79 Å². The maximum Gasteiger partial charge on any atom is 0.427 e. The molecule has 0 radical (unpaired) electrons. The monoisotopic (exact) mass is 406 g/mol. The molecule has 0 atom stereocenters. The van der Waals surface area contributed by atoms with Crippen molar-refractivity contribution in [2.75, 3.05) is 13.7 Å². The van der Waals surface area contributed by atoms with Crippen LogP contribution in [0.25, 0.3) is 0 Å². The quantitative estimate of drug-likeness (QED) is 0.430. The Labute approximate surface area is 164 Å². The smallest absolute Gasteiger partial charge is 0.427 e. The van der Waals surface area contributed by atoms with Crippen LogP contribution in [0.15, 0.2) is 46.4 Å². The van der Waals surface area contributed by atoms with E-state index in [0.29, 0.717) is 11.1 Å². The summed E-state index contributed by atoms with van der Waals surface area (Å²) in [7, 11) is -2.64. The fourth-order valence-electron chi connectivity index (χ4n) is 2.30. The largest absolute Gasteiger partial charge is 0.493 e. The minimum atomic E-state index is -4.03. The molecule has 0 aliphatic carbocycles. The number of aryl methyl sites for hydroxylation is 2. The van der Waals surface area contributed by atoms with E-state index < -0.39 is 16.2 Å². The molecular weight excluding hydrogens is 384 g/mol. The van der Waals surface area contributed by atoms with Gasteiger partial charge >= 0.3 is 16.2 Å². The highest BCUT2D eigenvalue weighted by molar-refractivity contribution is 7.87. The zero-order valence-corrected chi connectivity index (χ0v) is 16.9. The number of nitrogens with zero attached hydrogens (tertiary/aromatic N) is 1. The van der Waals surface area contributed by atoms with Crippen LogP contribution in [0.5, 0.6) is 11.5 Å². The summed E-state index contributed by atoms with van der Waals surface area (Å²) in [6.07, 6.45) is 0.688. The second kappa shape index (κ2) is 9.23. The molecule has 1 N–H and O–H groups in total. The van der Waals surface area contributed by atoms with Gasteiger partial charge in [-0.2, -0.15) is 13.5 Å². The van der Waals surface area contributed by atoms with Gasteiger partial charge in [0.15, 0.2) is 11.5 Å². The number of rotatable bonds is 7. The normalized spacial score (nSPS) is 11.3. The molecule has 0 spiro atoms. The van der Waals surface area contributed by atoms with E-state index in [1.165, 1.54) is 25.5 Å². The fourth-order valence-corrected chi connectivity index (χ4v) is 3.55. The van der Waals surface area contributed by atoms with E-state index in [9.17, 15) is 13.2 Å². The predicted molar refractivity (Wildman–Crippen MR) is 104 cm³/mol. The molecule has 2 aromatic carbocycles.